The highest BCUT2D eigenvalue weighted by Crippen LogP contribution is 2.29. The lowest BCUT2D eigenvalue weighted by Crippen LogP contribution is -2.47. The average molecular weight is 402 g/mol. The molecule has 0 aliphatic carbocycles. The van der Waals surface area contributed by atoms with Gasteiger partial charge in [-0.25, -0.2) is 9.59 Å². The van der Waals surface area contributed by atoms with E-state index in [4.69, 9.17) is 9.47 Å². The Kier molecular flexibility index (Phi) is 7.24. The van der Waals surface area contributed by atoms with Crippen molar-refractivity contribution in [2.24, 2.45) is 0 Å². The summed E-state index contributed by atoms with van der Waals surface area (Å²) in [6.45, 7) is 2.24. The van der Waals surface area contributed by atoms with Gasteiger partial charge in [-0.05, 0) is 38.0 Å². The molecule has 28 heavy (non-hydrogen) atoms. The number of rotatable bonds is 5. The van der Waals surface area contributed by atoms with Gasteiger partial charge in [-0.1, -0.05) is 6.07 Å². The summed E-state index contributed by atoms with van der Waals surface area (Å²) >= 11 is 0. The molecule has 0 saturated carbocycles. The van der Waals surface area contributed by atoms with E-state index in [2.05, 4.69) is 5.32 Å². The van der Waals surface area contributed by atoms with E-state index in [1.54, 1.807) is 11.8 Å². The molecule has 0 aromatic heterocycles. The molecule has 1 saturated heterocycles. The fourth-order valence-corrected chi connectivity index (χ4v) is 2.73. The molecule has 154 valence electrons. The highest BCUT2D eigenvalue weighted by Gasteiger charge is 2.31. The van der Waals surface area contributed by atoms with E-state index in [-0.39, 0.29) is 18.2 Å². The van der Waals surface area contributed by atoms with E-state index in [0.29, 0.717) is 32.0 Å². The van der Waals surface area contributed by atoms with E-state index < -0.39 is 36.3 Å². The Morgan fingerprint density at radius 2 is 1.86 bits per heavy atom. The molecule has 0 spiro atoms. The Morgan fingerprint density at radius 1 is 1.18 bits per heavy atom. The van der Waals surface area contributed by atoms with Gasteiger partial charge >= 0.3 is 18.2 Å². The molecule has 2 rings (SSSR count). The maximum Gasteiger partial charge on any atom is 0.416 e. The predicted octanol–water partition coefficient (Wildman–Crippen LogP) is 2.60. The molecule has 10 heteroatoms. The Bertz CT molecular complexity index is 715. The van der Waals surface area contributed by atoms with Crippen LogP contribution in [-0.4, -0.2) is 55.2 Å². The third-order valence-electron chi connectivity index (χ3n) is 4.15. The van der Waals surface area contributed by atoms with Crippen LogP contribution in [0.3, 0.4) is 0 Å². The minimum Gasteiger partial charge on any atom is -0.452 e. The van der Waals surface area contributed by atoms with Crippen molar-refractivity contribution in [1.29, 1.82) is 0 Å². The Morgan fingerprint density at radius 3 is 2.46 bits per heavy atom. The van der Waals surface area contributed by atoms with Gasteiger partial charge in [-0.2, -0.15) is 13.2 Å². The molecule has 7 nitrogen and oxygen atoms in total. The first kappa shape index (κ1) is 21.5. The van der Waals surface area contributed by atoms with Crippen LogP contribution in [0.5, 0.6) is 0 Å². The number of hydrogen-bond donors (Lipinski definition) is 1. The zero-order valence-electron chi connectivity index (χ0n) is 15.3. The zero-order chi connectivity index (χ0) is 20.7. The summed E-state index contributed by atoms with van der Waals surface area (Å²) in [5, 5.41) is 2.68. The first-order valence-corrected chi connectivity index (χ1v) is 8.76. The van der Waals surface area contributed by atoms with Crippen molar-refractivity contribution >= 4 is 18.0 Å². The molecule has 0 unspecified atom stereocenters. The van der Waals surface area contributed by atoms with Crippen LogP contribution in [0.25, 0.3) is 0 Å². The van der Waals surface area contributed by atoms with Crippen LogP contribution in [0, 0.1) is 0 Å². The van der Waals surface area contributed by atoms with Crippen LogP contribution in [-0.2, 0) is 20.4 Å². The minimum absolute atomic E-state index is 0.189. The van der Waals surface area contributed by atoms with Crippen molar-refractivity contribution in [3.63, 3.8) is 0 Å². The first-order valence-electron chi connectivity index (χ1n) is 8.76. The number of halogens is 3. The smallest absolute Gasteiger partial charge is 0.416 e. The van der Waals surface area contributed by atoms with Crippen LogP contribution in [0.4, 0.5) is 18.0 Å². The highest BCUT2D eigenvalue weighted by atomic mass is 19.4. The molecule has 0 bridgehead atoms. The maximum absolute atomic E-state index is 12.7. The Hall–Kier alpha value is -2.78. The van der Waals surface area contributed by atoms with Gasteiger partial charge in [0.05, 0.1) is 17.7 Å². The first-order chi connectivity index (χ1) is 13.2. The lowest BCUT2D eigenvalue weighted by Gasteiger charge is -2.31. The normalized spacial score (nSPS) is 15.1. The summed E-state index contributed by atoms with van der Waals surface area (Å²) in [4.78, 5) is 36.9. The van der Waals surface area contributed by atoms with Crippen molar-refractivity contribution in [3.8, 4) is 0 Å². The lowest BCUT2D eigenvalue weighted by molar-refractivity contribution is -0.137. The van der Waals surface area contributed by atoms with Crippen LogP contribution in [0.2, 0.25) is 0 Å². The molecule has 1 N–H and O–H groups in total. The number of esters is 1. The van der Waals surface area contributed by atoms with Crippen molar-refractivity contribution in [2.45, 2.75) is 32.0 Å². The van der Waals surface area contributed by atoms with Crippen LogP contribution in [0.1, 0.15) is 35.7 Å². The second-order valence-electron chi connectivity index (χ2n) is 6.18. The number of likely N-dealkylation sites (tertiary alicyclic amines) is 1. The van der Waals surface area contributed by atoms with Crippen LogP contribution < -0.4 is 5.32 Å². The van der Waals surface area contributed by atoms with E-state index in [1.807, 2.05) is 0 Å². The summed E-state index contributed by atoms with van der Waals surface area (Å²) in [6, 6.07) is 3.60. The number of benzene rings is 1. The molecule has 1 aromatic rings. The van der Waals surface area contributed by atoms with Crippen molar-refractivity contribution < 1.29 is 37.0 Å². The van der Waals surface area contributed by atoms with Crippen molar-refractivity contribution in [3.05, 3.63) is 35.4 Å². The van der Waals surface area contributed by atoms with E-state index in [9.17, 15) is 27.6 Å². The second-order valence-corrected chi connectivity index (χ2v) is 6.18. The Labute approximate surface area is 159 Å². The van der Waals surface area contributed by atoms with Gasteiger partial charge in [0, 0.05) is 19.1 Å². The molecular weight excluding hydrogens is 381 g/mol. The highest BCUT2D eigenvalue weighted by molar-refractivity contribution is 5.91. The molecule has 0 atom stereocenters. The number of nitrogens with zero attached hydrogens (tertiary/aromatic N) is 1. The summed E-state index contributed by atoms with van der Waals surface area (Å²) in [7, 11) is 0. The van der Waals surface area contributed by atoms with E-state index in [0.717, 1.165) is 12.1 Å². The minimum atomic E-state index is -4.58. The summed E-state index contributed by atoms with van der Waals surface area (Å²) in [5.74, 6) is -1.58. The molecular formula is C18H21F3N2O5. The Balaban J connectivity index is 1.77. The molecule has 0 radical (unpaired) electrons. The molecule has 1 aliphatic heterocycles. The topological polar surface area (TPSA) is 84.9 Å². The number of carbonyl (C=O) groups is 3. The van der Waals surface area contributed by atoms with Gasteiger partial charge < -0.3 is 19.7 Å². The second kappa shape index (κ2) is 9.43. The number of piperidine rings is 1. The van der Waals surface area contributed by atoms with Crippen molar-refractivity contribution in [2.75, 3.05) is 26.3 Å². The van der Waals surface area contributed by atoms with Crippen LogP contribution >= 0.6 is 0 Å². The number of ether oxygens (including phenoxy) is 2. The van der Waals surface area contributed by atoms with Gasteiger partial charge in [-0.3, -0.25) is 4.79 Å². The summed E-state index contributed by atoms with van der Waals surface area (Å²) in [5.41, 5.74) is -1.26. The number of nitrogens with one attached hydrogen (secondary N) is 1. The molecule has 1 fully saturated rings. The van der Waals surface area contributed by atoms with E-state index >= 15 is 0 Å². The summed E-state index contributed by atoms with van der Waals surface area (Å²) < 4.78 is 47.7. The molecule has 1 heterocycles. The molecule has 1 aromatic carbocycles. The predicted molar refractivity (Wildman–Crippen MR) is 91.5 cm³/mol. The maximum atomic E-state index is 12.7. The number of amides is 2. The van der Waals surface area contributed by atoms with Gasteiger partial charge in [0.15, 0.2) is 6.61 Å². The number of alkyl halides is 3. The van der Waals surface area contributed by atoms with Gasteiger partial charge in [0.25, 0.3) is 5.91 Å². The van der Waals surface area contributed by atoms with Crippen molar-refractivity contribution in [1.82, 2.24) is 10.2 Å². The lowest BCUT2D eigenvalue weighted by atomic mass is 10.1. The number of hydrogen-bond acceptors (Lipinski definition) is 5. The summed E-state index contributed by atoms with van der Waals surface area (Å²) in [6.07, 6.45) is -3.94. The fraction of sp³-hybridized carbons (Fsp3) is 0.500. The number of carbonyl (C=O) groups excluding carboxylic acids is 3. The molecule has 2 amide bonds. The standard InChI is InChI=1S/C18H21F3N2O5/c1-2-27-17(26)23-8-6-14(7-9-23)22-15(24)11-28-16(25)12-4-3-5-13(10-12)18(19,20)21/h3-5,10,14H,2,6-9,11H2,1H3,(H,22,24). The zero-order valence-corrected chi connectivity index (χ0v) is 15.3. The fourth-order valence-electron chi connectivity index (χ4n) is 2.73. The third-order valence-corrected chi connectivity index (χ3v) is 4.15. The average Bonchev–Trinajstić information content (AvgIpc) is 2.66. The largest absolute Gasteiger partial charge is 0.452 e. The van der Waals surface area contributed by atoms with Gasteiger partial charge in [0.1, 0.15) is 0 Å². The van der Waals surface area contributed by atoms with Gasteiger partial charge in [-0.15, -0.1) is 0 Å². The van der Waals surface area contributed by atoms with E-state index in [1.165, 1.54) is 6.07 Å². The van der Waals surface area contributed by atoms with Crippen LogP contribution in [0.15, 0.2) is 24.3 Å². The van der Waals surface area contributed by atoms with Gasteiger partial charge in [0.2, 0.25) is 0 Å². The quantitative estimate of drug-likeness (QED) is 0.766. The third kappa shape index (κ3) is 6.14. The monoisotopic (exact) mass is 402 g/mol. The SMILES string of the molecule is CCOC(=O)N1CCC(NC(=O)COC(=O)c2cccc(C(F)(F)F)c2)CC1. The molecule has 1 aliphatic rings.